The lowest BCUT2D eigenvalue weighted by atomic mass is 9.84. The van der Waals surface area contributed by atoms with Crippen LogP contribution < -0.4 is 10.6 Å². The van der Waals surface area contributed by atoms with E-state index in [1.807, 2.05) is 6.92 Å². The lowest BCUT2D eigenvalue weighted by Crippen LogP contribution is -2.46. The van der Waals surface area contributed by atoms with Gasteiger partial charge in [0.1, 0.15) is 0 Å². The van der Waals surface area contributed by atoms with Crippen molar-refractivity contribution in [3.05, 3.63) is 0 Å². The molecule has 1 heterocycles. The van der Waals surface area contributed by atoms with Crippen molar-refractivity contribution in [2.24, 2.45) is 16.8 Å². The molecular weight excluding hydrogens is 520 g/mol. The van der Waals surface area contributed by atoms with Gasteiger partial charge in [-0.2, -0.15) is 17.5 Å². The van der Waals surface area contributed by atoms with E-state index in [9.17, 15) is 21.6 Å². The fourth-order valence-electron chi connectivity index (χ4n) is 4.01. The number of aliphatic imine (C=N–C) groups is 1. The predicted octanol–water partition coefficient (Wildman–Crippen LogP) is 3.69. The summed E-state index contributed by atoms with van der Waals surface area (Å²) in [4.78, 5) is 4.62. The average Bonchev–Trinajstić information content (AvgIpc) is 2.66. The van der Waals surface area contributed by atoms with E-state index >= 15 is 0 Å². The molecule has 2 fully saturated rings. The van der Waals surface area contributed by atoms with Crippen LogP contribution in [0.4, 0.5) is 13.2 Å². The Kier molecular flexibility index (Phi) is 11.0. The average molecular weight is 554 g/mol. The van der Waals surface area contributed by atoms with Crippen molar-refractivity contribution in [2.45, 2.75) is 70.3 Å². The van der Waals surface area contributed by atoms with Crippen LogP contribution in [0.1, 0.15) is 58.8 Å². The minimum Gasteiger partial charge on any atom is -0.357 e. The molecule has 1 saturated heterocycles. The van der Waals surface area contributed by atoms with Gasteiger partial charge in [-0.05, 0) is 44.4 Å². The molecule has 0 aromatic carbocycles. The molecule has 11 heteroatoms. The molecule has 0 amide bonds. The topological polar surface area (TPSA) is 73.8 Å². The van der Waals surface area contributed by atoms with Gasteiger partial charge in [-0.1, -0.05) is 26.2 Å². The number of rotatable bonds is 6. The minimum absolute atomic E-state index is 0. The third-order valence-corrected chi connectivity index (χ3v) is 7.39. The summed E-state index contributed by atoms with van der Waals surface area (Å²) >= 11 is 0. The fraction of sp³-hybridized carbons (Fsp3) is 0.944. The number of halogens is 4. The van der Waals surface area contributed by atoms with E-state index in [-0.39, 0.29) is 43.0 Å². The number of piperidine rings is 1. The van der Waals surface area contributed by atoms with Gasteiger partial charge in [-0.3, -0.25) is 4.99 Å². The first-order chi connectivity index (χ1) is 13.2. The minimum atomic E-state index is -5.23. The van der Waals surface area contributed by atoms with Crippen molar-refractivity contribution in [3.8, 4) is 0 Å². The Bertz CT molecular complexity index is 623. The molecule has 0 radical (unpaired) electrons. The number of sulfonamides is 1. The van der Waals surface area contributed by atoms with Crippen LogP contribution in [-0.4, -0.2) is 56.4 Å². The first-order valence-corrected chi connectivity index (χ1v) is 11.7. The molecule has 29 heavy (non-hydrogen) atoms. The van der Waals surface area contributed by atoms with Crippen molar-refractivity contribution < 1.29 is 21.6 Å². The third-order valence-electron chi connectivity index (χ3n) is 5.76. The zero-order valence-electron chi connectivity index (χ0n) is 17.2. The van der Waals surface area contributed by atoms with E-state index in [4.69, 9.17) is 0 Å². The second-order valence-corrected chi connectivity index (χ2v) is 9.72. The summed E-state index contributed by atoms with van der Waals surface area (Å²) in [5.74, 6) is 1.58. The van der Waals surface area contributed by atoms with Gasteiger partial charge in [0.15, 0.2) is 5.96 Å². The normalized spacial score (nSPS) is 25.3. The number of hydrogen-bond acceptors (Lipinski definition) is 3. The number of alkyl halides is 3. The van der Waals surface area contributed by atoms with Crippen LogP contribution >= 0.6 is 24.0 Å². The van der Waals surface area contributed by atoms with Crippen LogP contribution in [0.15, 0.2) is 4.99 Å². The Labute approximate surface area is 189 Å². The zero-order chi connectivity index (χ0) is 20.8. The van der Waals surface area contributed by atoms with Gasteiger partial charge in [0, 0.05) is 32.2 Å². The molecule has 1 aliphatic heterocycles. The van der Waals surface area contributed by atoms with Crippen molar-refractivity contribution in [1.29, 1.82) is 0 Å². The zero-order valence-corrected chi connectivity index (χ0v) is 20.3. The van der Waals surface area contributed by atoms with E-state index in [2.05, 4.69) is 22.5 Å². The Balaban J connectivity index is 0.00000420. The second-order valence-electron chi connectivity index (χ2n) is 7.79. The van der Waals surface area contributed by atoms with Crippen LogP contribution in [-0.2, 0) is 10.0 Å². The summed E-state index contributed by atoms with van der Waals surface area (Å²) in [6.45, 7) is 5.22. The maximum atomic E-state index is 12.7. The van der Waals surface area contributed by atoms with Crippen LogP contribution in [0.5, 0.6) is 0 Å². The Morgan fingerprint density at radius 2 is 1.76 bits per heavy atom. The van der Waals surface area contributed by atoms with Gasteiger partial charge >= 0.3 is 15.5 Å². The number of nitrogens with one attached hydrogen (secondary N) is 2. The summed E-state index contributed by atoms with van der Waals surface area (Å²) in [5, 5.41) is 6.74. The summed E-state index contributed by atoms with van der Waals surface area (Å²) in [5.41, 5.74) is -5.23. The Morgan fingerprint density at radius 3 is 2.31 bits per heavy atom. The third kappa shape index (κ3) is 7.71. The van der Waals surface area contributed by atoms with Crippen molar-refractivity contribution in [2.75, 3.05) is 26.2 Å². The molecule has 6 nitrogen and oxygen atoms in total. The van der Waals surface area contributed by atoms with Crippen LogP contribution in [0.3, 0.4) is 0 Å². The first kappa shape index (κ1) is 26.7. The van der Waals surface area contributed by atoms with Crippen molar-refractivity contribution >= 4 is 40.0 Å². The van der Waals surface area contributed by atoms with Gasteiger partial charge < -0.3 is 10.6 Å². The van der Waals surface area contributed by atoms with E-state index in [0.29, 0.717) is 29.7 Å². The molecule has 2 rings (SSSR count). The monoisotopic (exact) mass is 554 g/mol. The largest absolute Gasteiger partial charge is 0.511 e. The molecule has 1 aliphatic carbocycles. The highest BCUT2D eigenvalue weighted by atomic mass is 127. The van der Waals surface area contributed by atoms with Gasteiger partial charge in [-0.15, -0.1) is 24.0 Å². The summed E-state index contributed by atoms with van der Waals surface area (Å²) < 4.78 is 61.5. The standard InChI is InChI=1S/C18H33F3N4O2S.HI/c1-3-14-6-5-7-16(12-14)24-17(22-4-2)23-13-15-8-10-25(11-9-15)28(26,27)18(19,20)21;/h14-16H,3-13H2,1-2H3,(H2,22,23,24);1H. The molecule has 0 spiro atoms. The molecule has 2 unspecified atom stereocenters. The molecule has 172 valence electrons. The molecular formula is C18H34F3IN4O2S. The van der Waals surface area contributed by atoms with Crippen molar-refractivity contribution in [1.82, 2.24) is 14.9 Å². The highest BCUT2D eigenvalue weighted by Gasteiger charge is 2.50. The lowest BCUT2D eigenvalue weighted by Gasteiger charge is -2.32. The van der Waals surface area contributed by atoms with Gasteiger partial charge in [-0.25, -0.2) is 8.42 Å². The highest BCUT2D eigenvalue weighted by Crippen LogP contribution is 2.30. The van der Waals surface area contributed by atoms with E-state index in [1.165, 1.54) is 19.3 Å². The predicted molar refractivity (Wildman–Crippen MR) is 120 cm³/mol. The Hall–Kier alpha value is -0.300. The lowest BCUT2D eigenvalue weighted by molar-refractivity contribution is -0.0496. The van der Waals surface area contributed by atoms with Gasteiger partial charge in [0.25, 0.3) is 0 Å². The maximum Gasteiger partial charge on any atom is 0.511 e. The van der Waals surface area contributed by atoms with E-state index < -0.39 is 15.5 Å². The maximum absolute atomic E-state index is 12.7. The summed E-state index contributed by atoms with van der Waals surface area (Å²) in [7, 11) is -5.22. The van der Waals surface area contributed by atoms with Gasteiger partial charge in [0.2, 0.25) is 0 Å². The highest BCUT2D eigenvalue weighted by molar-refractivity contribution is 14.0. The molecule has 0 aromatic heterocycles. The molecule has 1 saturated carbocycles. The molecule has 2 atom stereocenters. The molecule has 2 aliphatic rings. The second kappa shape index (κ2) is 11.9. The smallest absolute Gasteiger partial charge is 0.357 e. The number of hydrogen-bond donors (Lipinski definition) is 2. The molecule has 0 bridgehead atoms. The quantitative estimate of drug-likeness (QED) is 0.299. The number of guanidine groups is 1. The molecule has 2 N–H and O–H groups in total. The SMILES string of the molecule is CCNC(=NCC1CCN(S(=O)(=O)C(F)(F)F)CC1)NC1CCCC(CC)C1.I. The van der Waals surface area contributed by atoms with E-state index in [0.717, 1.165) is 31.3 Å². The summed E-state index contributed by atoms with van der Waals surface area (Å²) in [6.07, 6.45) is 6.71. The van der Waals surface area contributed by atoms with Crippen molar-refractivity contribution in [3.63, 3.8) is 0 Å². The fourth-order valence-corrected chi connectivity index (χ4v) is 4.99. The van der Waals surface area contributed by atoms with Crippen LogP contribution in [0, 0.1) is 11.8 Å². The molecule has 0 aromatic rings. The van der Waals surface area contributed by atoms with E-state index in [1.54, 1.807) is 0 Å². The van der Waals surface area contributed by atoms with Crippen LogP contribution in [0.2, 0.25) is 0 Å². The summed E-state index contributed by atoms with van der Waals surface area (Å²) in [6, 6.07) is 0.398. The first-order valence-electron chi connectivity index (χ1n) is 10.3. The Morgan fingerprint density at radius 1 is 1.10 bits per heavy atom. The number of nitrogens with zero attached hydrogens (tertiary/aromatic N) is 2. The van der Waals surface area contributed by atoms with Gasteiger partial charge in [0.05, 0.1) is 0 Å². The van der Waals surface area contributed by atoms with Crippen LogP contribution in [0.25, 0.3) is 0 Å².